The number of carboxylic acid groups (broad SMARTS) is 1. The summed E-state index contributed by atoms with van der Waals surface area (Å²) in [4.78, 5) is 25.8. The topological polar surface area (TPSA) is 57.6 Å². The zero-order valence-corrected chi connectivity index (χ0v) is 12.1. The highest BCUT2D eigenvalue weighted by Gasteiger charge is 2.33. The van der Waals surface area contributed by atoms with Crippen LogP contribution in [0.5, 0.6) is 0 Å². The van der Waals surface area contributed by atoms with Crippen LogP contribution in [0, 0.1) is 0 Å². The van der Waals surface area contributed by atoms with E-state index < -0.39 is 12.0 Å². The van der Waals surface area contributed by atoms with Crippen LogP contribution >= 0.6 is 0 Å². The number of hydrogen-bond acceptors (Lipinski definition) is 2. The molecule has 2 aromatic carbocycles. The van der Waals surface area contributed by atoms with Gasteiger partial charge in [0.25, 0.3) is 5.91 Å². The van der Waals surface area contributed by atoms with E-state index in [0.29, 0.717) is 24.9 Å². The summed E-state index contributed by atoms with van der Waals surface area (Å²) in [6.07, 6.45) is 1.02. The predicted octanol–water partition coefficient (Wildman–Crippen LogP) is 2.38. The molecule has 22 heavy (non-hydrogen) atoms. The number of nitrogens with zero attached hydrogens (tertiary/aromatic N) is 1. The normalized spacial score (nSPS) is 15.3. The van der Waals surface area contributed by atoms with Crippen LogP contribution in [0.1, 0.15) is 21.5 Å². The van der Waals surface area contributed by atoms with Crippen molar-refractivity contribution in [1.82, 2.24) is 4.90 Å². The van der Waals surface area contributed by atoms with Gasteiger partial charge in [0.2, 0.25) is 0 Å². The molecular weight excluding hydrogens is 278 g/mol. The number of rotatable bonds is 4. The third-order valence-corrected chi connectivity index (χ3v) is 4.06. The number of carboxylic acids is 1. The van der Waals surface area contributed by atoms with Crippen molar-refractivity contribution in [2.24, 2.45) is 0 Å². The van der Waals surface area contributed by atoms with Crippen LogP contribution in [-0.4, -0.2) is 34.5 Å². The minimum absolute atomic E-state index is 0.190. The third kappa shape index (κ3) is 2.72. The second-order valence-electron chi connectivity index (χ2n) is 5.45. The van der Waals surface area contributed by atoms with E-state index in [9.17, 15) is 14.7 Å². The van der Waals surface area contributed by atoms with Crippen LogP contribution in [0.2, 0.25) is 0 Å². The molecule has 3 rings (SSSR count). The second kappa shape index (κ2) is 6.02. The van der Waals surface area contributed by atoms with E-state index in [0.717, 1.165) is 11.1 Å². The lowest BCUT2D eigenvalue weighted by atomic mass is 9.96. The average Bonchev–Trinajstić information content (AvgIpc) is 2.54. The molecule has 1 heterocycles. The Morgan fingerprint density at radius 1 is 1.09 bits per heavy atom. The van der Waals surface area contributed by atoms with Crippen molar-refractivity contribution < 1.29 is 14.7 Å². The Balaban J connectivity index is 1.87. The predicted molar refractivity (Wildman–Crippen MR) is 82.8 cm³/mol. The van der Waals surface area contributed by atoms with Crippen LogP contribution in [0.3, 0.4) is 0 Å². The van der Waals surface area contributed by atoms with Gasteiger partial charge in [-0.2, -0.15) is 0 Å². The summed E-state index contributed by atoms with van der Waals surface area (Å²) in [5.41, 5.74) is 2.53. The molecule has 2 aromatic rings. The number of amides is 1. The number of aliphatic carboxylic acids is 1. The number of fused-ring (bicyclic) bond motifs is 1. The molecule has 1 amide bonds. The lowest BCUT2D eigenvalue weighted by Gasteiger charge is -2.33. The van der Waals surface area contributed by atoms with E-state index in [1.807, 2.05) is 48.5 Å². The first-order valence-corrected chi connectivity index (χ1v) is 7.32. The van der Waals surface area contributed by atoms with Crippen molar-refractivity contribution >= 4 is 11.9 Å². The fourth-order valence-electron chi connectivity index (χ4n) is 2.91. The fraction of sp³-hybridized carbons (Fsp3) is 0.222. The Hall–Kier alpha value is -2.62. The van der Waals surface area contributed by atoms with Gasteiger partial charge in [0, 0.05) is 18.5 Å². The molecule has 1 unspecified atom stereocenters. The van der Waals surface area contributed by atoms with Crippen molar-refractivity contribution in [3.8, 4) is 0 Å². The van der Waals surface area contributed by atoms with E-state index >= 15 is 0 Å². The van der Waals surface area contributed by atoms with Crippen LogP contribution in [0.25, 0.3) is 0 Å². The summed E-state index contributed by atoms with van der Waals surface area (Å²) in [7, 11) is 0. The minimum Gasteiger partial charge on any atom is -0.480 e. The molecule has 0 spiro atoms. The molecule has 0 radical (unpaired) electrons. The lowest BCUT2D eigenvalue weighted by Crippen LogP contribution is -2.49. The van der Waals surface area contributed by atoms with E-state index in [2.05, 4.69) is 0 Å². The van der Waals surface area contributed by atoms with Gasteiger partial charge in [0.1, 0.15) is 6.04 Å². The van der Waals surface area contributed by atoms with Gasteiger partial charge in [0.05, 0.1) is 0 Å². The first kappa shape index (κ1) is 14.3. The van der Waals surface area contributed by atoms with Crippen molar-refractivity contribution in [3.05, 3.63) is 71.3 Å². The highest BCUT2D eigenvalue weighted by atomic mass is 16.4. The maximum atomic E-state index is 12.6. The first-order valence-electron chi connectivity index (χ1n) is 7.32. The summed E-state index contributed by atoms with van der Waals surface area (Å²) < 4.78 is 0. The van der Waals surface area contributed by atoms with Gasteiger partial charge in [-0.3, -0.25) is 4.79 Å². The standard InChI is InChI=1S/C18H17NO3/c20-17-15-9-5-4-8-14(15)10-11-19(17)16(18(21)22)12-13-6-2-1-3-7-13/h1-9,16H,10-12H2,(H,21,22). The molecule has 1 atom stereocenters. The van der Waals surface area contributed by atoms with E-state index in [1.54, 1.807) is 6.07 Å². The second-order valence-corrected chi connectivity index (χ2v) is 5.45. The zero-order chi connectivity index (χ0) is 15.5. The number of carbonyl (C=O) groups excluding carboxylic acids is 1. The van der Waals surface area contributed by atoms with Gasteiger partial charge in [-0.05, 0) is 23.6 Å². The number of hydrogen-bond donors (Lipinski definition) is 1. The Morgan fingerprint density at radius 2 is 1.77 bits per heavy atom. The van der Waals surface area contributed by atoms with Gasteiger partial charge in [0.15, 0.2) is 0 Å². The maximum absolute atomic E-state index is 12.6. The first-order chi connectivity index (χ1) is 10.7. The van der Waals surface area contributed by atoms with E-state index in [4.69, 9.17) is 0 Å². The van der Waals surface area contributed by atoms with Gasteiger partial charge in [-0.25, -0.2) is 4.79 Å². The Labute approximate surface area is 129 Å². The maximum Gasteiger partial charge on any atom is 0.326 e. The molecule has 1 aliphatic heterocycles. The van der Waals surface area contributed by atoms with Crippen LogP contribution in [-0.2, 0) is 17.6 Å². The average molecular weight is 295 g/mol. The fourth-order valence-corrected chi connectivity index (χ4v) is 2.91. The summed E-state index contributed by atoms with van der Waals surface area (Å²) in [6, 6.07) is 16.0. The quantitative estimate of drug-likeness (QED) is 0.942. The van der Waals surface area contributed by atoms with Crippen LogP contribution in [0.4, 0.5) is 0 Å². The summed E-state index contributed by atoms with van der Waals surface area (Å²) in [5, 5.41) is 9.56. The summed E-state index contributed by atoms with van der Waals surface area (Å²) in [6.45, 7) is 0.444. The molecule has 0 saturated carbocycles. The van der Waals surface area contributed by atoms with Gasteiger partial charge >= 0.3 is 5.97 Å². The van der Waals surface area contributed by atoms with Crippen molar-refractivity contribution in [3.63, 3.8) is 0 Å². The van der Waals surface area contributed by atoms with Crippen LogP contribution in [0.15, 0.2) is 54.6 Å². The Morgan fingerprint density at radius 3 is 2.50 bits per heavy atom. The zero-order valence-electron chi connectivity index (χ0n) is 12.1. The van der Waals surface area contributed by atoms with E-state index in [-0.39, 0.29) is 5.91 Å². The molecule has 0 bridgehead atoms. The SMILES string of the molecule is O=C(O)C(Cc1ccccc1)N1CCc2ccccc2C1=O. The minimum atomic E-state index is -0.961. The third-order valence-electron chi connectivity index (χ3n) is 4.06. The molecule has 0 aromatic heterocycles. The van der Waals surface area contributed by atoms with Crippen molar-refractivity contribution in [2.75, 3.05) is 6.54 Å². The van der Waals surface area contributed by atoms with Crippen molar-refractivity contribution in [2.45, 2.75) is 18.9 Å². The highest BCUT2D eigenvalue weighted by Crippen LogP contribution is 2.22. The number of benzene rings is 2. The molecule has 1 aliphatic rings. The summed E-state index contributed by atoms with van der Waals surface area (Å²) in [5.74, 6) is -1.15. The van der Waals surface area contributed by atoms with Crippen LogP contribution < -0.4 is 0 Å². The van der Waals surface area contributed by atoms with E-state index in [1.165, 1.54) is 4.90 Å². The van der Waals surface area contributed by atoms with Gasteiger partial charge < -0.3 is 10.0 Å². The highest BCUT2D eigenvalue weighted by molar-refractivity contribution is 5.98. The lowest BCUT2D eigenvalue weighted by molar-refractivity contribution is -0.142. The molecule has 1 N–H and O–H groups in total. The summed E-state index contributed by atoms with van der Waals surface area (Å²) >= 11 is 0. The van der Waals surface area contributed by atoms with Crippen molar-refractivity contribution in [1.29, 1.82) is 0 Å². The Bertz CT molecular complexity index is 696. The molecule has 4 heteroatoms. The van der Waals surface area contributed by atoms with Gasteiger partial charge in [-0.1, -0.05) is 48.5 Å². The van der Waals surface area contributed by atoms with Gasteiger partial charge in [-0.15, -0.1) is 0 Å². The number of carbonyl (C=O) groups is 2. The molecule has 112 valence electrons. The smallest absolute Gasteiger partial charge is 0.326 e. The molecule has 0 aliphatic carbocycles. The molecule has 0 saturated heterocycles. The molecule has 4 nitrogen and oxygen atoms in total. The largest absolute Gasteiger partial charge is 0.480 e. The Kier molecular flexibility index (Phi) is 3.92. The molecule has 0 fully saturated rings. The monoisotopic (exact) mass is 295 g/mol. The molecular formula is C18H17NO3.